The van der Waals surface area contributed by atoms with Crippen molar-refractivity contribution in [2.45, 2.75) is 19.2 Å². The maximum absolute atomic E-state index is 12.6. The Balaban J connectivity index is 2.39. The highest BCUT2D eigenvalue weighted by Crippen LogP contribution is 2.31. The first kappa shape index (κ1) is 15.6. The van der Waals surface area contributed by atoms with Crippen molar-refractivity contribution >= 4 is 17.5 Å². The van der Waals surface area contributed by atoms with Gasteiger partial charge in [0.25, 0.3) is 5.91 Å². The number of hydrogen-bond acceptors (Lipinski definition) is 1. The minimum atomic E-state index is -0.318. The first-order valence-electron chi connectivity index (χ1n) is 7.26. The predicted octanol–water partition coefficient (Wildman–Crippen LogP) is 4.50. The van der Waals surface area contributed by atoms with Crippen molar-refractivity contribution in [3.63, 3.8) is 0 Å². The van der Waals surface area contributed by atoms with E-state index in [1.807, 2.05) is 73.3 Å². The Hall–Kier alpha value is -1.80. The highest BCUT2D eigenvalue weighted by Gasteiger charge is 2.21. The van der Waals surface area contributed by atoms with Crippen LogP contribution in [-0.2, 0) is 0 Å². The molecule has 1 amide bonds. The second-order valence-electron chi connectivity index (χ2n) is 4.84. The van der Waals surface area contributed by atoms with Gasteiger partial charge in [-0.3, -0.25) is 4.79 Å². The van der Waals surface area contributed by atoms with Crippen LogP contribution in [0.2, 0.25) is 0 Å². The summed E-state index contributed by atoms with van der Waals surface area (Å²) in [6.45, 7) is 5.36. The van der Waals surface area contributed by atoms with E-state index in [1.54, 1.807) is 0 Å². The number of nitrogens with zero attached hydrogens (tertiary/aromatic N) is 1. The monoisotopic (exact) mass is 301 g/mol. The molecule has 0 aliphatic carbocycles. The molecule has 0 radical (unpaired) electrons. The SMILES string of the molecule is CCN(CC)C(=O)c1ccccc1C(Cl)c1ccccc1. The van der Waals surface area contributed by atoms with E-state index in [0.29, 0.717) is 18.7 Å². The zero-order chi connectivity index (χ0) is 15.2. The van der Waals surface area contributed by atoms with E-state index in [9.17, 15) is 4.79 Å². The lowest BCUT2D eigenvalue weighted by atomic mass is 9.98. The summed E-state index contributed by atoms with van der Waals surface area (Å²) < 4.78 is 0. The van der Waals surface area contributed by atoms with Crippen LogP contribution in [0.15, 0.2) is 54.6 Å². The number of amides is 1. The fourth-order valence-electron chi connectivity index (χ4n) is 2.40. The smallest absolute Gasteiger partial charge is 0.254 e. The summed E-state index contributed by atoms with van der Waals surface area (Å²) in [4.78, 5) is 14.4. The van der Waals surface area contributed by atoms with Crippen LogP contribution in [-0.4, -0.2) is 23.9 Å². The summed E-state index contributed by atoms with van der Waals surface area (Å²) in [6, 6.07) is 17.4. The highest BCUT2D eigenvalue weighted by molar-refractivity contribution is 6.23. The zero-order valence-electron chi connectivity index (χ0n) is 12.4. The molecule has 0 aliphatic rings. The summed E-state index contributed by atoms with van der Waals surface area (Å²) in [5, 5.41) is -0.318. The molecule has 0 heterocycles. The van der Waals surface area contributed by atoms with Gasteiger partial charge in [-0.15, -0.1) is 11.6 Å². The van der Waals surface area contributed by atoms with Crippen LogP contribution in [0.1, 0.15) is 40.7 Å². The molecule has 21 heavy (non-hydrogen) atoms. The van der Waals surface area contributed by atoms with Gasteiger partial charge in [-0.05, 0) is 31.0 Å². The second-order valence-corrected chi connectivity index (χ2v) is 5.27. The van der Waals surface area contributed by atoms with Crippen LogP contribution in [0.3, 0.4) is 0 Å². The van der Waals surface area contributed by atoms with Gasteiger partial charge in [0.15, 0.2) is 0 Å². The Bertz CT molecular complexity index is 593. The molecule has 2 aromatic rings. The van der Waals surface area contributed by atoms with Gasteiger partial charge in [-0.2, -0.15) is 0 Å². The zero-order valence-corrected chi connectivity index (χ0v) is 13.2. The summed E-state index contributed by atoms with van der Waals surface area (Å²) in [7, 11) is 0. The molecule has 0 saturated heterocycles. The molecule has 1 unspecified atom stereocenters. The van der Waals surface area contributed by atoms with Gasteiger partial charge < -0.3 is 4.90 Å². The van der Waals surface area contributed by atoms with E-state index in [0.717, 1.165) is 11.1 Å². The van der Waals surface area contributed by atoms with Crippen molar-refractivity contribution in [3.8, 4) is 0 Å². The fourth-order valence-corrected chi connectivity index (χ4v) is 2.73. The molecular weight excluding hydrogens is 282 g/mol. The van der Waals surface area contributed by atoms with Crippen LogP contribution < -0.4 is 0 Å². The van der Waals surface area contributed by atoms with E-state index in [2.05, 4.69) is 0 Å². The molecule has 1 atom stereocenters. The molecule has 0 aromatic heterocycles. The van der Waals surface area contributed by atoms with Gasteiger partial charge in [-0.25, -0.2) is 0 Å². The number of alkyl halides is 1. The molecule has 0 spiro atoms. The molecule has 110 valence electrons. The standard InChI is InChI=1S/C18H20ClNO/c1-3-20(4-2)18(21)16-13-9-8-12-15(16)17(19)14-10-6-5-7-11-14/h5-13,17H,3-4H2,1-2H3. The van der Waals surface area contributed by atoms with Crippen LogP contribution >= 0.6 is 11.6 Å². The van der Waals surface area contributed by atoms with E-state index in [-0.39, 0.29) is 11.3 Å². The summed E-state index contributed by atoms with van der Waals surface area (Å²) in [6.07, 6.45) is 0. The first-order chi connectivity index (χ1) is 10.2. The van der Waals surface area contributed by atoms with Gasteiger partial charge >= 0.3 is 0 Å². The molecule has 0 bridgehead atoms. The predicted molar refractivity (Wildman–Crippen MR) is 87.8 cm³/mol. The largest absolute Gasteiger partial charge is 0.339 e. The lowest BCUT2D eigenvalue weighted by molar-refractivity contribution is 0.0772. The van der Waals surface area contributed by atoms with Crippen LogP contribution in [0.4, 0.5) is 0 Å². The molecule has 0 N–H and O–H groups in total. The molecule has 2 aromatic carbocycles. The van der Waals surface area contributed by atoms with Gasteiger partial charge in [0.2, 0.25) is 0 Å². The van der Waals surface area contributed by atoms with E-state index >= 15 is 0 Å². The van der Waals surface area contributed by atoms with Crippen molar-refractivity contribution < 1.29 is 4.79 Å². The van der Waals surface area contributed by atoms with E-state index < -0.39 is 0 Å². The van der Waals surface area contributed by atoms with Crippen molar-refractivity contribution in [1.82, 2.24) is 4.90 Å². The number of hydrogen-bond donors (Lipinski definition) is 0. The third-order valence-electron chi connectivity index (χ3n) is 3.61. The van der Waals surface area contributed by atoms with Crippen LogP contribution in [0, 0.1) is 0 Å². The summed E-state index contributed by atoms with van der Waals surface area (Å²) >= 11 is 6.60. The Morgan fingerprint density at radius 3 is 2.19 bits per heavy atom. The minimum absolute atomic E-state index is 0.0391. The second kappa shape index (κ2) is 7.28. The van der Waals surface area contributed by atoms with E-state index in [1.165, 1.54) is 0 Å². The Labute approximate surface area is 131 Å². The number of halogens is 1. The highest BCUT2D eigenvalue weighted by atomic mass is 35.5. The third-order valence-corrected chi connectivity index (χ3v) is 4.09. The Morgan fingerprint density at radius 2 is 1.57 bits per heavy atom. The first-order valence-corrected chi connectivity index (χ1v) is 7.69. The molecular formula is C18H20ClNO. The number of benzene rings is 2. The van der Waals surface area contributed by atoms with Crippen molar-refractivity contribution in [3.05, 3.63) is 71.3 Å². The average Bonchev–Trinajstić information content (AvgIpc) is 2.56. The van der Waals surface area contributed by atoms with Gasteiger partial charge in [0.1, 0.15) is 0 Å². The Kier molecular flexibility index (Phi) is 5.40. The van der Waals surface area contributed by atoms with Crippen molar-refractivity contribution in [1.29, 1.82) is 0 Å². The molecule has 0 aliphatic heterocycles. The molecule has 0 fully saturated rings. The maximum atomic E-state index is 12.6. The maximum Gasteiger partial charge on any atom is 0.254 e. The number of carbonyl (C=O) groups excluding carboxylic acids is 1. The van der Waals surface area contributed by atoms with Crippen molar-refractivity contribution in [2.75, 3.05) is 13.1 Å². The van der Waals surface area contributed by atoms with Crippen LogP contribution in [0.25, 0.3) is 0 Å². The molecule has 2 rings (SSSR count). The lowest BCUT2D eigenvalue weighted by Crippen LogP contribution is -2.31. The molecule has 2 nitrogen and oxygen atoms in total. The quantitative estimate of drug-likeness (QED) is 0.745. The average molecular weight is 302 g/mol. The Morgan fingerprint density at radius 1 is 1.00 bits per heavy atom. The van der Waals surface area contributed by atoms with Gasteiger partial charge in [0, 0.05) is 18.7 Å². The van der Waals surface area contributed by atoms with Crippen molar-refractivity contribution in [2.24, 2.45) is 0 Å². The topological polar surface area (TPSA) is 20.3 Å². The lowest BCUT2D eigenvalue weighted by Gasteiger charge is -2.22. The normalized spacial score (nSPS) is 12.0. The number of carbonyl (C=O) groups is 1. The number of rotatable bonds is 5. The van der Waals surface area contributed by atoms with E-state index in [4.69, 9.17) is 11.6 Å². The summed E-state index contributed by atoms with van der Waals surface area (Å²) in [5.41, 5.74) is 2.55. The molecule has 3 heteroatoms. The van der Waals surface area contributed by atoms with Gasteiger partial charge in [0.05, 0.1) is 5.38 Å². The minimum Gasteiger partial charge on any atom is -0.339 e. The molecule has 0 saturated carbocycles. The summed E-state index contributed by atoms with van der Waals surface area (Å²) in [5.74, 6) is 0.0391. The van der Waals surface area contributed by atoms with Crippen LogP contribution in [0.5, 0.6) is 0 Å². The third kappa shape index (κ3) is 3.45. The van der Waals surface area contributed by atoms with Gasteiger partial charge in [-0.1, -0.05) is 48.5 Å². The fraction of sp³-hybridized carbons (Fsp3) is 0.278.